The molecule has 1 fully saturated rings. The molecule has 4 heterocycles. The van der Waals surface area contributed by atoms with Crippen LogP contribution >= 0.6 is 0 Å². The Labute approximate surface area is 218 Å². The van der Waals surface area contributed by atoms with Crippen molar-refractivity contribution in [2.45, 2.75) is 37.9 Å². The van der Waals surface area contributed by atoms with Crippen molar-refractivity contribution in [1.29, 1.82) is 0 Å². The number of hydrogen-bond acceptors (Lipinski definition) is 5. The fourth-order valence-electron chi connectivity index (χ4n) is 5.23. The molecule has 0 unspecified atom stereocenters. The van der Waals surface area contributed by atoms with Crippen molar-refractivity contribution in [2.75, 3.05) is 11.9 Å². The Bertz CT molecular complexity index is 1680. The van der Waals surface area contributed by atoms with Crippen LogP contribution in [-0.2, 0) is 17.8 Å². The van der Waals surface area contributed by atoms with Crippen LogP contribution in [0.25, 0.3) is 22.0 Å². The zero-order valence-electron chi connectivity index (χ0n) is 20.8. The van der Waals surface area contributed by atoms with E-state index < -0.39 is 11.9 Å². The molecule has 0 bridgehead atoms. The molecule has 0 spiro atoms. The Kier molecular flexibility index (Phi) is 5.14. The van der Waals surface area contributed by atoms with Crippen LogP contribution in [0.15, 0.2) is 67.1 Å². The largest absolute Gasteiger partial charge is 0.343 e. The van der Waals surface area contributed by atoms with Gasteiger partial charge in [0.25, 0.3) is 11.8 Å². The summed E-state index contributed by atoms with van der Waals surface area (Å²) in [5, 5.41) is 16.7. The first kappa shape index (κ1) is 22.5. The zero-order chi connectivity index (χ0) is 25.8. The van der Waals surface area contributed by atoms with Gasteiger partial charge in [0.05, 0.1) is 30.0 Å². The van der Waals surface area contributed by atoms with E-state index in [1.165, 1.54) is 12.8 Å². The van der Waals surface area contributed by atoms with Gasteiger partial charge >= 0.3 is 0 Å². The molecule has 1 atom stereocenters. The molecule has 38 heavy (non-hydrogen) atoms. The van der Waals surface area contributed by atoms with Crippen molar-refractivity contribution in [2.24, 2.45) is 0 Å². The van der Waals surface area contributed by atoms with Gasteiger partial charge in [0, 0.05) is 42.4 Å². The summed E-state index contributed by atoms with van der Waals surface area (Å²) in [4.78, 5) is 31.2. The van der Waals surface area contributed by atoms with Gasteiger partial charge in [-0.15, -0.1) is 10.2 Å². The van der Waals surface area contributed by atoms with Gasteiger partial charge < -0.3 is 19.8 Å². The lowest BCUT2D eigenvalue weighted by Crippen LogP contribution is -2.48. The summed E-state index contributed by atoms with van der Waals surface area (Å²) >= 11 is 0. The zero-order valence-corrected chi connectivity index (χ0v) is 20.8. The molecule has 190 valence electrons. The SMILES string of the molecule is CN1C(=O)[C@@H](NC(=O)c2nnc(Cc3ccccc3)[nH]2)Cn2cc(-c3cnn(C4CC4)c3)c3cccc1c32. The number of hydrogen-bond donors (Lipinski definition) is 2. The molecule has 2 amide bonds. The number of para-hydroxylation sites is 1. The summed E-state index contributed by atoms with van der Waals surface area (Å²) in [5.74, 6) is 0.00563. The number of aromatic nitrogens is 6. The number of nitrogens with zero attached hydrogens (tertiary/aromatic N) is 6. The minimum absolute atomic E-state index is 0.0824. The van der Waals surface area contributed by atoms with E-state index in [0.29, 0.717) is 24.8 Å². The van der Waals surface area contributed by atoms with Crippen LogP contribution < -0.4 is 10.2 Å². The molecule has 0 radical (unpaired) electrons. The van der Waals surface area contributed by atoms with Crippen LogP contribution in [0.5, 0.6) is 0 Å². The lowest BCUT2D eigenvalue weighted by Gasteiger charge is -2.21. The number of rotatable bonds is 6. The minimum atomic E-state index is -0.778. The van der Waals surface area contributed by atoms with Crippen molar-refractivity contribution in [3.05, 3.63) is 84.3 Å². The predicted molar refractivity (Wildman–Crippen MR) is 142 cm³/mol. The molecule has 5 aromatic rings. The molecule has 2 aromatic carbocycles. The number of carbonyl (C=O) groups excluding carboxylic acids is 2. The molecule has 10 heteroatoms. The third-order valence-electron chi connectivity index (χ3n) is 7.35. The molecule has 3 aromatic heterocycles. The summed E-state index contributed by atoms with van der Waals surface area (Å²) in [6.07, 6.45) is 8.92. The molecule has 1 aliphatic carbocycles. The monoisotopic (exact) mass is 506 g/mol. The third-order valence-corrected chi connectivity index (χ3v) is 7.35. The standard InChI is InChI=1S/C28H26N8O2/c1-34-23-9-5-8-20-21(18-13-29-36(14-18)19-10-11-19)15-35(25(20)23)16-22(28(34)38)30-27(37)26-31-24(32-33-26)12-17-6-3-2-4-7-17/h2-9,13-15,19,22H,10-12,16H2,1H3,(H,30,37)(H,31,32,33)/t22-/m0/s1. The maximum absolute atomic E-state index is 13.4. The second-order valence-corrected chi connectivity index (χ2v) is 10.0. The molecular weight excluding hydrogens is 480 g/mol. The van der Waals surface area contributed by atoms with Crippen molar-refractivity contribution in [3.8, 4) is 11.1 Å². The molecular formula is C28H26N8O2. The van der Waals surface area contributed by atoms with Crippen LogP contribution in [0.2, 0.25) is 0 Å². The average Bonchev–Trinajstić information content (AvgIpc) is 3.33. The predicted octanol–water partition coefficient (Wildman–Crippen LogP) is 3.32. The van der Waals surface area contributed by atoms with Gasteiger partial charge in [0.2, 0.25) is 5.82 Å². The van der Waals surface area contributed by atoms with Gasteiger partial charge in [-0.1, -0.05) is 42.5 Å². The van der Waals surface area contributed by atoms with E-state index in [0.717, 1.165) is 33.3 Å². The smallest absolute Gasteiger partial charge is 0.289 e. The number of amides is 2. The molecule has 1 saturated carbocycles. The van der Waals surface area contributed by atoms with E-state index in [2.05, 4.69) is 48.6 Å². The highest BCUT2D eigenvalue weighted by molar-refractivity contribution is 6.10. The van der Waals surface area contributed by atoms with Crippen LogP contribution in [0, 0.1) is 0 Å². The minimum Gasteiger partial charge on any atom is -0.343 e. The highest BCUT2D eigenvalue weighted by Gasteiger charge is 2.32. The Morgan fingerprint density at radius 1 is 1.08 bits per heavy atom. The van der Waals surface area contributed by atoms with Crippen LogP contribution in [-0.4, -0.2) is 54.4 Å². The van der Waals surface area contributed by atoms with Gasteiger partial charge in [0.15, 0.2) is 0 Å². The summed E-state index contributed by atoms with van der Waals surface area (Å²) in [7, 11) is 1.75. The number of carbonyl (C=O) groups is 2. The van der Waals surface area contributed by atoms with E-state index in [9.17, 15) is 9.59 Å². The number of nitrogens with one attached hydrogen (secondary N) is 2. The number of anilines is 1. The lowest BCUT2D eigenvalue weighted by atomic mass is 10.1. The van der Waals surface area contributed by atoms with Crippen LogP contribution in [0.4, 0.5) is 5.69 Å². The van der Waals surface area contributed by atoms with Crippen molar-refractivity contribution < 1.29 is 9.59 Å². The topological polar surface area (TPSA) is 114 Å². The van der Waals surface area contributed by atoms with Crippen molar-refractivity contribution in [3.63, 3.8) is 0 Å². The first-order valence-corrected chi connectivity index (χ1v) is 12.8. The lowest BCUT2D eigenvalue weighted by molar-refractivity contribution is -0.120. The van der Waals surface area contributed by atoms with E-state index in [-0.39, 0.29) is 11.7 Å². The normalized spacial score (nSPS) is 17.1. The second kappa shape index (κ2) is 8.69. The average molecular weight is 507 g/mol. The van der Waals surface area contributed by atoms with Crippen molar-refractivity contribution in [1.82, 2.24) is 34.8 Å². The molecule has 7 rings (SSSR count). The van der Waals surface area contributed by atoms with Gasteiger partial charge in [-0.3, -0.25) is 14.3 Å². The molecule has 1 aliphatic heterocycles. The van der Waals surface area contributed by atoms with Crippen LogP contribution in [0.3, 0.4) is 0 Å². The Morgan fingerprint density at radius 2 is 1.92 bits per heavy atom. The molecule has 10 nitrogen and oxygen atoms in total. The van der Waals surface area contributed by atoms with Crippen LogP contribution in [0.1, 0.15) is 40.9 Å². The first-order valence-electron chi connectivity index (χ1n) is 12.8. The van der Waals surface area contributed by atoms with Gasteiger partial charge in [-0.2, -0.15) is 5.10 Å². The quantitative estimate of drug-likeness (QED) is 0.367. The van der Waals surface area contributed by atoms with E-state index >= 15 is 0 Å². The second-order valence-electron chi connectivity index (χ2n) is 10.0. The number of benzene rings is 2. The third kappa shape index (κ3) is 3.85. The van der Waals surface area contributed by atoms with E-state index in [1.54, 1.807) is 11.9 Å². The van der Waals surface area contributed by atoms with E-state index in [1.807, 2.05) is 53.3 Å². The summed E-state index contributed by atoms with van der Waals surface area (Å²) < 4.78 is 4.10. The summed E-state index contributed by atoms with van der Waals surface area (Å²) in [5.41, 5.74) is 4.92. The molecule has 2 aliphatic rings. The Hall–Kier alpha value is -4.73. The summed E-state index contributed by atoms with van der Waals surface area (Å²) in [6.45, 7) is 0.296. The number of H-pyrrole nitrogens is 1. The Balaban J connectivity index is 1.17. The van der Waals surface area contributed by atoms with Gasteiger partial charge in [-0.05, 0) is 24.5 Å². The fourth-order valence-corrected chi connectivity index (χ4v) is 5.23. The van der Waals surface area contributed by atoms with Crippen molar-refractivity contribution >= 4 is 28.4 Å². The first-order chi connectivity index (χ1) is 18.5. The molecule has 0 saturated heterocycles. The summed E-state index contributed by atoms with van der Waals surface area (Å²) in [6, 6.07) is 15.5. The highest BCUT2D eigenvalue weighted by atomic mass is 16.2. The fraction of sp³-hybridized carbons (Fsp3) is 0.250. The number of aromatic amines is 1. The Morgan fingerprint density at radius 3 is 2.74 bits per heavy atom. The van der Waals surface area contributed by atoms with E-state index in [4.69, 9.17) is 0 Å². The highest BCUT2D eigenvalue weighted by Crippen LogP contribution is 2.39. The van der Waals surface area contributed by atoms with Gasteiger partial charge in [0.1, 0.15) is 11.9 Å². The maximum atomic E-state index is 13.4. The molecule has 2 N–H and O–H groups in total. The van der Waals surface area contributed by atoms with Gasteiger partial charge in [-0.25, -0.2) is 0 Å². The number of likely N-dealkylation sites (N-methyl/N-ethyl adjacent to an activating group) is 1. The maximum Gasteiger partial charge on any atom is 0.289 e.